The number of hydrogen-bond acceptors (Lipinski definition) is 4. The molecular weight excluding hydrogens is 364 g/mol. The summed E-state index contributed by atoms with van der Waals surface area (Å²) in [7, 11) is 0. The van der Waals surface area contributed by atoms with Gasteiger partial charge in [0.25, 0.3) is 5.91 Å². The monoisotopic (exact) mass is 394 g/mol. The summed E-state index contributed by atoms with van der Waals surface area (Å²) in [5.74, 6) is -0.215. The summed E-state index contributed by atoms with van der Waals surface area (Å²) in [6.45, 7) is 3.92. The van der Waals surface area contributed by atoms with Crippen LogP contribution in [-0.4, -0.2) is 59.3 Å². The van der Waals surface area contributed by atoms with Crippen LogP contribution >= 0.6 is 0 Å². The number of nitrogens with zero attached hydrogens (tertiary/aromatic N) is 3. The van der Waals surface area contributed by atoms with Crippen LogP contribution in [0.25, 0.3) is 10.9 Å². The number of amides is 2. The minimum Gasteiger partial charge on any atom is -0.366 e. The van der Waals surface area contributed by atoms with Crippen molar-refractivity contribution in [3.63, 3.8) is 0 Å². The summed E-state index contributed by atoms with van der Waals surface area (Å²) in [5, 5.41) is 0.912. The van der Waals surface area contributed by atoms with Gasteiger partial charge in [0.05, 0.1) is 23.3 Å². The SMILES string of the molecule is NC(=O)c1cc2ccccc2nc1[C@H]1CCCN(C(=O)CN2CCCCCC2)C1. The number of hydrogen-bond donors (Lipinski definition) is 1. The van der Waals surface area contributed by atoms with Crippen molar-refractivity contribution in [2.24, 2.45) is 5.73 Å². The molecule has 2 aromatic rings. The molecule has 2 amide bonds. The standard InChI is InChI=1S/C23H30N4O2/c24-23(29)19-14-17-8-3-4-10-20(17)25-22(19)18-9-7-13-27(15-18)21(28)16-26-11-5-1-2-6-12-26/h3-4,8,10,14,18H,1-2,5-7,9,11-13,15-16H2,(H2,24,29)/t18-/m0/s1. The van der Waals surface area contributed by atoms with E-state index in [0.717, 1.165) is 49.1 Å². The highest BCUT2D eigenvalue weighted by Crippen LogP contribution is 2.30. The van der Waals surface area contributed by atoms with Crippen LogP contribution in [0.3, 0.4) is 0 Å². The minimum absolute atomic E-state index is 0.0453. The second-order valence-corrected chi connectivity index (χ2v) is 8.35. The lowest BCUT2D eigenvalue weighted by molar-refractivity contribution is -0.133. The lowest BCUT2D eigenvalue weighted by Crippen LogP contribution is -2.45. The van der Waals surface area contributed by atoms with Crippen molar-refractivity contribution >= 4 is 22.7 Å². The number of benzene rings is 1. The Balaban J connectivity index is 1.52. The van der Waals surface area contributed by atoms with E-state index < -0.39 is 5.91 Å². The van der Waals surface area contributed by atoms with Gasteiger partial charge in [-0.1, -0.05) is 31.0 Å². The first-order chi connectivity index (χ1) is 14.1. The van der Waals surface area contributed by atoms with Gasteiger partial charge in [0.1, 0.15) is 0 Å². The number of carbonyl (C=O) groups excluding carboxylic acids is 2. The van der Waals surface area contributed by atoms with Crippen LogP contribution in [0.1, 0.15) is 60.5 Å². The van der Waals surface area contributed by atoms with Gasteiger partial charge >= 0.3 is 0 Å². The van der Waals surface area contributed by atoms with E-state index in [0.29, 0.717) is 18.7 Å². The number of pyridine rings is 1. The van der Waals surface area contributed by atoms with Gasteiger partial charge < -0.3 is 10.6 Å². The maximum Gasteiger partial charge on any atom is 0.250 e. The normalized spacial score (nSPS) is 21.1. The van der Waals surface area contributed by atoms with Gasteiger partial charge in [0.15, 0.2) is 0 Å². The van der Waals surface area contributed by atoms with Crippen molar-refractivity contribution in [1.82, 2.24) is 14.8 Å². The van der Waals surface area contributed by atoms with Crippen molar-refractivity contribution < 1.29 is 9.59 Å². The molecule has 0 spiro atoms. The lowest BCUT2D eigenvalue weighted by Gasteiger charge is -2.34. The molecule has 2 N–H and O–H groups in total. The topological polar surface area (TPSA) is 79.5 Å². The summed E-state index contributed by atoms with van der Waals surface area (Å²) in [5.41, 5.74) is 7.76. The first-order valence-electron chi connectivity index (χ1n) is 10.8. The third-order valence-electron chi connectivity index (χ3n) is 6.24. The highest BCUT2D eigenvalue weighted by Gasteiger charge is 2.29. The van der Waals surface area contributed by atoms with Crippen molar-refractivity contribution in [2.75, 3.05) is 32.7 Å². The molecule has 2 saturated heterocycles. The fourth-order valence-corrected chi connectivity index (χ4v) is 4.65. The highest BCUT2D eigenvalue weighted by atomic mass is 16.2. The molecule has 0 radical (unpaired) electrons. The molecule has 29 heavy (non-hydrogen) atoms. The predicted octanol–water partition coefficient (Wildman–Crippen LogP) is 2.92. The molecule has 6 heteroatoms. The summed E-state index contributed by atoms with van der Waals surface area (Å²) in [4.78, 5) is 34.1. The van der Waals surface area contributed by atoms with Gasteiger partial charge in [-0.05, 0) is 50.9 Å². The smallest absolute Gasteiger partial charge is 0.250 e. The van der Waals surface area contributed by atoms with Gasteiger partial charge in [-0.2, -0.15) is 0 Å². The van der Waals surface area contributed by atoms with Gasteiger partial charge in [-0.25, -0.2) is 0 Å². The van der Waals surface area contributed by atoms with Crippen LogP contribution in [0.4, 0.5) is 0 Å². The van der Waals surface area contributed by atoms with Crippen molar-refractivity contribution in [2.45, 2.75) is 44.4 Å². The average Bonchev–Trinajstić information content (AvgIpc) is 3.01. The molecule has 0 saturated carbocycles. The molecule has 2 aliphatic heterocycles. The Bertz CT molecular complexity index is 890. The van der Waals surface area contributed by atoms with Crippen LogP contribution in [-0.2, 0) is 4.79 Å². The Morgan fingerprint density at radius 3 is 2.55 bits per heavy atom. The summed E-state index contributed by atoms with van der Waals surface area (Å²) < 4.78 is 0. The maximum atomic E-state index is 13.0. The van der Waals surface area contributed by atoms with E-state index in [2.05, 4.69) is 4.90 Å². The van der Waals surface area contributed by atoms with Crippen LogP contribution in [0.2, 0.25) is 0 Å². The zero-order valence-electron chi connectivity index (χ0n) is 17.0. The molecule has 0 aliphatic carbocycles. The number of aromatic nitrogens is 1. The van der Waals surface area contributed by atoms with Crippen LogP contribution in [0.5, 0.6) is 0 Å². The van der Waals surface area contributed by atoms with E-state index in [1.165, 1.54) is 25.7 Å². The van der Waals surface area contributed by atoms with Crippen LogP contribution in [0.15, 0.2) is 30.3 Å². The maximum absolute atomic E-state index is 13.0. The van der Waals surface area contributed by atoms with Crippen molar-refractivity contribution in [3.8, 4) is 0 Å². The number of fused-ring (bicyclic) bond motifs is 1. The summed E-state index contributed by atoms with van der Waals surface area (Å²) in [6, 6.07) is 9.61. The fraction of sp³-hybridized carbons (Fsp3) is 0.522. The molecule has 0 bridgehead atoms. The van der Waals surface area contributed by atoms with Crippen molar-refractivity contribution in [3.05, 3.63) is 41.6 Å². The molecule has 154 valence electrons. The van der Waals surface area contributed by atoms with Gasteiger partial charge in [-0.3, -0.25) is 19.5 Å². The summed E-state index contributed by atoms with van der Waals surface area (Å²) >= 11 is 0. The van der Waals surface area contributed by atoms with E-state index in [1.54, 1.807) is 0 Å². The van der Waals surface area contributed by atoms with Gasteiger partial charge in [-0.15, -0.1) is 0 Å². The second kappa shape index (κ2) is 8.91. The molecule has 4 rings (SSSR count). The molecule has 2 fully saturated rings. The zero-order chi connectivity index (χ0) is 20.2. The Morgan fingerprint density at radius 2 is 1.79 bits per heavy atom. The first-order valence-corrected chi connectivity index (χ1v) is 10.8. The third-order valence-corrected chi connectivity index (χ3v) is 6.24. The largest absolute Gasteiger partial charge is 0.366 e. The Morgan fingerprint density at radius 1 is 1.03 bits per heavy atom. The van der Waals surface area contributed by atoms with E-state index in [-0.39, 0.29) is 11.8 Å². The number of carbonyl (C=O) groups is 2. The van der Waals surface area contributed by atoms with Gasteiger partial charge in [0.2, 0.25) is 5.91 Å². The zero-order valence-corrected chi connectivity index (χ0v) is 17.0. The number of piperidine rings is 1. The molecule has 1 aromatic heterocycles. The number of primary amides is 1. The molecule has 3 heterocycles. The van der Waals surface area contributed by atoms with Crippen molar-refractivity contribution in [1.29, 1.82) is 0 Å². The first kappa shape index (κ1) is 19.8. The highest BCUT2D eigenvalue weighted by molar-refractivity contribution is 5.97. The van der Waals surface area contributed by atoms with E-state index in [9.17, 15) is 9.59 Å². The molecular formula is C23H30N4O2. The quantitative estimate of drug-likeness (QED) is 0.865. The van der Waals surface area contributed by atoms with Crippen LogP contribution in [0, 0.1) is 0 Å². The number of para-hydroxylation sites is 1. The molecule has 6 nitrogen and oxygen atoms in total. The van der Waals surface area contributed by atoms with E-state index in [1.807, 2.05) is 35.2 Å². The third kappa shape index (κ3) is 4.58. The molecule has 1 aromatic carbocycles. The summed E-state index contributed by atoms with van der Waals surface area (Å²) in [6.07, 6.45) is 6.72. The predicted molar refractivity (Wildman–Crippen MR) is 114 cm³/mol. The Kier molecular flexibility index (Phi) is 6.09. The molecule has 2 aliphatic rings. The minimum atomic E-state index is -0.453. The Hall–Kier alpha value is -2.47. The van der Waals surface area contributed by atoms with Crippen LogP contribution < -0.4 is 5.73 Å². The molecule has 0 unspecified atom stereocenters. The number of likely N-dealkylation sites (tertiary alicyclic amines) is 2. The average molecular weight is 395 g/mol. The number of rotatable bonds is 4. The van der Waals surface area contributed by atoms with Gasteiger partial charge in [0, 0.05) is 24.4 Å². The van der Waals surface area contributed by atoms with E-state index >= 15 is 0 Å². The Labute approximate surface area is 172 Å². The van der Waals surface area contributed by atoms with E-state index in [4.69, 9.17) is 10.7 Å². The fourth-order valence-electron chi connectivity index (χ4n) is 4.65. The lowest BCUT2D eigenvalue weighted by atomic mass is 9.90. The molecule has 1 atom stereocenters. The number of nitrogens with two attached hydrogens (primary N) is 1. The second-order valence-electron chi connectivity index (χ2n) is 8.35.